The van der Waals surface area contributed by atoms with Gasteiger partial charge < -0.3 is 15.0 Å². The number of fused-ring (bicyclic) bond motifs is 1. The lowest BCUT2D eigenvalue weighted by molar-refractivity contribution is 0.203. The van der Waals surface area contributed by atoms with Gasteiger partial charge in [0.1, 0.15) is 5.82 Å². The Hall–Kier alpha value is -1.89. The summed E-state index contributed by atoms with van der Waals surface area (Å²) in [6.45, 7) is 8.49. The maximum absolute atomic E-state index is 5.19. The number of aromatic nitrogens is 4. The van der Waals surface area contributed by atoms with Crippen molar-refractivity contribution in [2.24, 2.45) is 0 Å². The topological polar surface area (TPSA) is 79.0 Å². The minimum Gasteiger partial charge on any atom is -0.383 e. The molecule has 7 heteroatoms. The van der Waals surface area contributed by atoms with Crippen molar-refractivity contribution in [1.29, 1.82) is 0 Å². The van der Waals surface area contributed by atoms with E-state index in [4.69, 9.17) is 4.74 Å². The number of anilines is 2. The highest BCUT2D eigenvalue weighted by Crippen LogP contribution is 2.25. The Bertz CT molecular complexity index is 553. The lowest BCUT2D eigenvalue weighted by Gasteiger charge is -2.28. The zero-order chi connectivity index (χ0) is 14.5. The summed E-state index contributed by atoms with van der Waals surface area (Å²) in [4.78, 5) is 11.2. The fourth-order valence-corrected chi connectivity index (χ4v) is 2.07. The van der Waals surface area contributed by atoms with Gasteiger partial charge in [0.25, 0.3) is 0 Å². The molecular weight excluding hydrogens is 256 g/mol. The first-order chi connectivity index (χ1) is 9.67. The molecule has 0 saturated carbocycles. The van der Waals surface area contributed by atoms with Gasteiger partial charge in [-0.3, -0.25) is 5.10 Å². The molecule has 0 unspecified atom stereocenters. The second kappa shape index (κ2) is 6.51. The molecule has 0 bridgehead atoms. The van der Waals surface area contributed by atoms with Crippen LogP contribution in [0, 0.1) is 0 Å². The van der Waals surface area contributed by atoms with Gasteiger partial charge in [-0.05, 0) is 20.8 Å². The van der Waals surface area contributed by atoms with Gasteiger partial charge in [-0.25, -0.2) is 0 Å². The highest BCUT2D eigenvalue weighted by Gasteiger charge is 2.18. The SMILES string of the molecule is CCNc1nc(N(CCOC)C(C)C)c2cn[nH]c2n1. The van der Waals surface area contributed by atoms with Crippen molar-refractivity contribution < 1.29 is 4.74 Å². The molecular formula is C13H22N6O. The molecule has 0 saturated heterocycles. The predicted octanol–water partition coefficient (Wildman–Crippen LogP) is 1.65. The average Bonchev–Trinajstić information content (AvgIpc) is 2.87. The number of nitrogens with one attached hydrogen (secondary N) is 2. The molecule has 2 heterocycles. The summed E-state index contributed by atoms with van der Waals surface area (Å²) in [6.07, 6.45) is 1.77. The third kappa shape index (κ3) is 2.98. The lowest BCUT2D eigenvalue weighted by Crippen LogP contribution is -2.34. The molecule has 2 aromatic rings. The number of nitrogens with zero attached hydrogens (tertiary/aromatic N) is 4. The van der Waals surface area contributed by atoms with E-state index in [1.54, 1.807) is 13.3 Å². The van der Waals surface area contributed by atoms with Crippen LogP contribution < -0.4 is 10.2 Å². The first-order valence-corrected chi connectivity index (χ1v) is 6.88. The third-order valence-corrected chi connectivity index (χ3v) is 3.06. The van der Waals surface area contributed by atoms with E-state index in [1.807, 2.05) is 6.92 Å². The molecule has 0 aliphatic carbocycles. The Morgan fingerprint density at radius 3 is 2.85 bits per heavy atom. The van der Waals surface area contributed by atoms with E-state index in [-0.39, 0.29) is 0 Å². The molecule has 0 aromatic carbocycles. The van der Waals surface area contributed by atoms with Gasteiger partial charge in [0.15, 0.2) is 5.65 Å². The molecule has 2 N–H and O–H groups in total. The molecule has 0 spiro atoms. The lowest BCUT2D eigenvalue weighted by atomic mass is 10.2. The molecule has 0 radical (unpaired) electrons. The van der Waals surface area contributed by atoms with Gasteiger partial charge >= 0.3 is 0 Å². The van der Waals surface area contributed by atoms with Crippen LogP contribution in [0.15, 0.2) is 6.20 Å². The smallest absolute Gasteiger partial charge is 0.226 e. The summed E-state index contributed by atoms with van der Waals surface area (Å²) in [7, 11) is 1.70. The van der Waals surface area contributed by atoms with Crippen LogP contribution in [0.2, 0.25) is 0 Å². The standard InChI is InChI=1S/C13H22N6O/c1-5-14-13-16-11-10(8-15-18-11)12(17-13)19(9(2)3)6-7-20-4/h8-9H,5-7H2,1-4H3,(H2,14,15,16,17,18). The first kappa shape index (κ1) is 14.5. The van der Waals surface area contributed by atoms with Gasteiger partial charge in [-0.1, -0.05) is 0 Å². The fraction of sp³-hybridized carbons (Fsp3) is 0.615. The maximum Gasteiger partial charge on any atom is 0.226 e. The molecule has 7 nitrogen and oxygen atoms in total. The Labute approximate surface area is 118 Å². The Balaban J connectivity index is 2.45. The molecule has 2 rings (SSSR count). The number of hydrogen-bond acceptors (Lipinski definition) is 6. The quantitative estimate of drug-likeness (QED) is 0.801. The molecule has 0 fully saturated rings. The third-order valence-electron chi connectivity index (χ3n) is 3.06. The number of ether oxygens (including phenoxy) is 1. The van der Waals surface area contributed by atoms with Crippen molar-refractivity contribution in [1.82, 2.24) is 20.2 Å². The van der Waals surface area contributed by atoms with E-state index in [0.29, 0.717) is 18.6 Å². The van der Waals surface area contributed by atoms with E-state index in [9.17, 15) is 0 Å². The Morgan fingerprint density at radius 1 is 1.40 bits per heavy atom. The minimum atomic E-state index is 0.313. The Kier molecular flexibility index (Phi) is 4.73. The maximum atomic E-state index is 5.19. The summed E-state index contributed by atoms with van der Waals surface area (Å²) >= 11 is 0. The summed E-state index contributed by atoms with van der Waals surface area (Å²) < 4.78 is 5.19. The van der Waals surface area contributed by atoms with E-state index >= 15 is 0 Å². The minimum absolute atomic E-state index is 0.313. The van der Waals surface area contributed by atoms with Crippen molar-refractivity contribution in [3.05, 3.63) is 6.20 Å². The van der Waals surface area contributed by atoms with Crippen molar-refractivity contribution in [3.63, 3.8) is 0 Å². The zero-order valence-corrected chi connectivity index (χ0v) is 12.5. The van der Waals surface area contributed by atoms with Gasteiger partial charge in [0.05, 0.1) is 18.2 Å². The largest absolute Gasteiger partial charge is 0.383 e. The zero-order valence-electron chi connectivity index (χ0n) is 12.5. The van der Waals surface area contributed by atoms with Crippen molar-refractivity contribution in [2.45, 2.75) is 26.8 Å². The summed E-state index contributed by atoms with van der Waals surface area (Å²) in [5.74, 6) is 1.49. The monoisotopic (exact) mass is 278 g/mol. The van der Waals surface area contributed by atoms with Crippen LogP contribution in [0.5, 0.6) is 0 Å². The van der Waals surface area contributed by atoms with Crippen LogP contribution in [0.25, 0.3) is 11.0 Å². The number of aromatic amines is 1. The average molecular weight is 278 g/mol. The second-order valence-corrected chi connectivity index (χ2v) is 4.81. The summed E-state index contributed by atoms with van der Waals surface area (Å²) in [5, 5.41) is 11.1. The first-order valence-electron chi connectivity index (χ1n) is 6.88. The van der Waals surface area contributed by atoms with Gasteiger partial charge in [-0.2, -0.15) is 15.1 Å². The van der Waals surface area contributed by atoms with E-state index in [2.05, 4.69) is 44.2 Å². The molecule has 20 heavy (non-hydrogen) atoms. The number of rotatable bonds is 7. The highest BCUT2D eigenvalue weighted by atomic mass is 16.5. The highest BCUT2D eigenvalue weighted by molar-refractivity contribution is 5.87. The Morgan fingerprint density at radius 2 is 2.20 bits per heavy atom. The van der Waals surface area contributed by atoms with E-state index in [1.165, 1.54) is 0 Å². The van der Waals surface area contributed by atoms with Crippen LogP contribution in [0.4, 0.5) is 11.8 Å². The molecule has 0 atom stereocenters. The van der Waals surface area contributed by atoms with Gasteiger partial charge in [0.2, 0.25) is 5.95 Å². The molecule has 0 aliphatic heterocycles. The number of methoxy groups -OCH3 is 1. The van der Waals surface area contributed by atoms with Gasteiger partial charge in [0, 0.05) is 26.2 Å². The normalized spacial score (nSPS) is 11.2. The molecule has 110 valence electrons. The van der Waals surface area contributed by atoms with Gasteiger partial charge in [-0.15, -0.1) is 0 Å². The van der Waals surface area contributed by atoms with Crippen LogP contribution >= 0.6 is 0 Å². The van der Waals surface area contributed by atoms with Crippen LogP contribution in [-0.4, -0.2) is 53.0 Å². The fourth-order valence-electron chi connectivity index (χ4n) is 2.07. The summed E-state index contributed by atoms with van der Waals surface area (Å²) in [6, 6.07) is 0.313. The number of hydrogen-bond donors (Lipinski definition) is 2. The second-order valence-electron chi connectivity index (χ2n) is 4.81. The van der Waals surface area contributed by atoms with Crippen molar-refractivity contribution in [2.75, 3.05) is 37.0 Å². The van der Waals surface area contributed by atoms with Crippen LogP contribution in [0.1, 0.15) is 20.8 Å². The molecule has 0 amide bonds. The van der Waals surface area contributed by atoms with Crippen LogP contribution in [-0.2, 0) is 4.74 Å². The number of H-pyrrole nitrogens is 1. The molecule has 2 aromatic heterocycles. The summed E-state index contributed by atoms with van der Waals surface area (Å²) in [5.41, 5.74) is 0.744. The van der Waals surface area contributed by atoms with E-state index in [0.717, 1.165) is 29.9 Å². The predicted molar refractivity (Wildman–Crippen MR) is 80.2 cm³/mol. The molecule has 0 aliphatic rings. The van der Waals surface area contributed by atoms with E-state index < -0.39 is 0 Å². The van der Waals surface area contributed by atoms with Crippen LogP contribution in [0.3, 0.4) is 0 Å². The van der Waals surface area contributed by atoms with Crippen molar-refractivity contribution >= 4 is 22.8 Å². The van der Waals surface area contributed by atoms with Crippen molar-refractivity contribution in [3.8, 4) is 0 Å².